The van der Waals surface area contributed by atoms with Gasteiger partial charge in [-0.3, -0.25) is 4.79 Å². The summed E-state index contributed by atoms with van der Waals surface area (Å²) in [6.07, 6.45) is 2.86. The molecule has 1 aromatic heterocycles. The molecule has 2 N–H and O–H groups in total. The van der Waals surface area contributed by atoms with Crippen molar-refractivity contribution in [3.63, 3.8) is 0 Å². The van der Waals surface area contributed by atoms with Gasteiger partial charge in [0.1, 0.15) is 11.5 Å². The third-order valence-electron chi connectivity index (χ3n) is 2.17. The summed E-state index contributed by atoms with van der Waals surface area (Å²) in [5.41, 5.74) is 2.41. The van der Waals surface area contributed by atoms with Gasteiger partial charge in [0, 0.05) is 4.47 Å². The average Bonchev–Trinajstić information content (AvgIpc) is 2.86. The van der Waals surface area contributed by atoms with Crippen LogP contribution in [0.2, 0.25) is 0 Å². The molecule has 0 aliphatic rings. The van der Waals surface area contributed by atoms with Gasteiger partial charge < -0.3 is 9.52 Å². The Morgan fingerprint density at radius 2 is 2.21 bits per heavy atom. The topological polar surface area (TPSA) is 74.8 Å². The van der Waals surface area contributed by atoms with Crippen LogP contribution in [-0.4, -0.2) is 17.2 Å². The second kappa shape index (κ2) is 6.03. The van der Waals surface area contributed by atoms with Gasteiger partial charge in [-0.25, -0.2) is 5.43 Å². The normalized spacial score (nSPS) is 10.8. The predicted octanol–water partition coefficient (Wildman–Crippen LogP) is 3.27. The van der Waals surface area contributed by atoms with Gasteiger partial charge in [-0.05, 0) is 40.2 Å². The molecule has 0 fully saturated rings. The summed E-state index contributed by atoms with van der Waals surface area (Å²) >= 11 is 6.39. The van der Waals surface area contributed by atoms with Crippen LogP contribution >= 0.6 is 31.9 Å². The molecule has 1 aromatic carbocycles. The van der Waals surface area contributed by atoms with Crippen LogP contribution in [0.25, 0.3) is 0 Å². The van der Waals surface area contributed by atoms with Crippen molar-refractivity contribution in [2.45, 2.75) is 0 Å². The van der Waals surface area contributed by atoms with Crippen LogP contribution < -0.4 is 5.43 Å². The number of nitrogens with one attached hydrogen (secondary N) is 1. The summed E-state index contributed by atoms with van der Waals surface area (Å²) in [6.45, 7) is 0. The maximum Gasteiger partial charge on any atom is 0.275 e. The molecule has 2 rings (SSSR count). The molecule has 7 heteroatoms. The number of nitrogens with zero attached hydrogens (tertiary/aromatic N) is 1. The van der Waals surface area contributed by atoms with Crippen molar-refractivity contribution in [3.8, 4) is 5.75 Å². The number of halogens is 2. The third kappa shape index (κ3) is 3.45. The van der Waals surface area contributed by atoms with Gasteiger partial charge >= 0.3 is 0 Å². The van der Waals surface area contributed by atoms with E-state index in [2.05, 4.69) is 42.4 Å². The van der Waals surface area contributed by atoms with Gasteiger partial charge in [-0.15, -0.1) is 0 Å². The molecule has 0 unspecified atom stereocenters. The summed E-state index contributed by atoms with van der Waals surface area (Å²) in [7, 11) is 0. The molecule has 0 bridgehead atoms. The first-order valence-electron chi connectivity index (χ1n) is 5.13. The van der Waals surface area contributed by atoms with E-state index in [1.807, 2.05) is 0 Å². The highest BCUT2D eigenvalue weighted by Gasteiger charge is 2.14. The quantitative estimate of drug-likeness (QED) is 0.626. The molecule has 0 aliphatic heterocycles. The number of hydrazone groups is 1. The van der Waals surface area contributed by atoms with Crippen LogP contribution in [0.3, 0.4) is 0 Å². The van der Waals surface area contributed by atoms with E-state index >= 15 is 0 Å². The second-order valence-corrected chi connectivity index (χ2v) is 5.27. The first-order valence-corrected chi connectivity index (χ1v) is 6.71. The van der Waals surface area contributed by atoms with Crippen LogP contribution in [0.5, 0.6) is 5.75 Å². The zero-order valence-electron chi connectivity index (χ0n) is 9.43. The van der Waals surface area contributed by atoms with Gasteiger partial charge in [-0.2, -0.15) is 5.10 Å². The minimum absolute atomic E-state index is 0.109. The van der Waals surface area contributed by atoms with Gasteiger partial charge in [0.2, 0.25) is 0 Å². The Morgan fingerprint density at radius 3 is 2.89 bits per heavy atom. The number of carbonyl (C=O) groups is 1. The predicted molar refractivity (Wildman–Crippen MR) is 77.3 cm³/mol. The standard InChI is InChI=1S/C12H8Br2N2O3/c13-7-4-9(11(17)10(14)5-7)12(18)16-15-6-8-2-1-3-19-8/h1-6,17H,(H,16,18)/b15-6-. The molecule has 0 saturated carbocycles. The van der Waals surface area contributed by atoms with Crippen LogP contribution in [0.1, 0.15) is 16.1 Å². The lowest BCUT2D eigenvalue weighted by molar-refractivity contribution is 0.0952. The number of furan rings is 1. The lowest BCUT2D eigenvalue weighted by Gasteiger charge is -2.05. The van der Waals surface area contributed by atoms with Gasteiger partial charge in [0.25, 0.3) is 5.91 Å². The van der Waals surface area contributed by atoms with Crippen molar-refractivity contribution in [1.29, 1.82) is 0 Å². The van der Waals surface area contributed by atoms with Crippen molar-refractivity contribution < 1.29 is 14.3 Å². The molecular weight excluding hydrogens is 380 g/mol. The number of carbonyl (C=O) groups excluding carboxylic acids is 1. The molecule has 0 aliphatic carbocycles. The Bertz CT molecular complexity index is 624. The Balaban J connectivity index is 2.12. The summed E-state index contributed by atoms with van der Waals surface area (Å²) in [5, 5.41) is 13.5. The minimum Gasteiger partial charge on any atom is -0.506 e. The van der Waals surface area contributed by atoms with Gasteiger partial charge in [-0.1, -0.05) is 15.9 Å². The van der Waals surface area contributed by atoms with Crippen molar-refractivity contribution >= 4 is 44.0 Å². The average molecular weight is 388 g/mol. The maximum atomic E-state index is 11.8. The highest BCUT2D eigenvalue weighted by molar-refractivity contribution is 9.11. The summed E-state index contributed by atoms with van der Waals surface area (Å²) in [4.78, 5) is 11.8. The number of aromatic hydroxyl groups is 1. The van der Waals surface area contributed by atoms with E-state index in [0.29, 0.717) is 14.7 Å². The molecule has 0 spiro atoms. The number of benzene rings is 1. The van der Waals surface area contributed by atoms with Crippen molar-refractivity contribution in [3.05, 3.63) is 50.8 Å². The minimum atomic E-state index is -0.526. The molecule has 0 radical (unpaired) electrons. The lowest BCUT2D eigenvalue weighted by atomic mass is 10.2. The van der Waals surface area contributed by atoms with Gasteiger partial charge in [0.15, 0.2) is 0 Å². The summed E-state index contributed by atoms with van der Waals surface area (Å²) in [5.74, 6) is -0.156. The van der Waals surface area contributed by atoms with Crippen LogP contribution in [-0.2, 0) is 0 Å². The number of hydrogen-bond acceptors (Lipinski definition) is 4. The molecule has 2 aromatic rings. The van der Waals surface area contributed by atoms with Crippen LogP contribution in [0, 0.1) is 0 Å². The lowest BCUT2D eigenvalue weighted by Crippen LogP contribution is -2.17. The molecule has 1 amide bonds. The van der Waals surface area contributed by atoms with Crippen molar-refractivity contribution in [2.75, 3.05) is 0 Å². The molecule has 1 heterocycles. The number of hydrogen-bond donors (Lipinski definition) is 2. The Hall–Kier alpha value is -1.60. The monoisotopic (exact) mass is 386 g/mol. The third-order valence-corrected chi connectivity index (χ3v) is 3.24. The van der Waals surface area contributed by atoms with E-state index in [1.54, 1.807) is 18.2 Å². The SMILES string of the molecule is O=C(N/N=C\c1ccco1)c1cc(Br)cc(Br)c1O. The fourth-order valence-corrected chi connectivity index (χ4v) is 2.54. The molecule has 98 valence electrons. The Labute approximate surface area is 125 Å². The first-order chi connectivity index (χ1) is 9.08. The van der Waals surface area contributed by atoms with Crippen LogP contribution in [0.15, 0.2) is 49.0 Å². The van der Waals surface area contributed by atoms with Crippen molar-refractivity contribution in [1.82, 2.24) is 5.43 Å². The van der Waals surface area contributed by atoms with Crippen LogP contribution in [0.4, 0.5) is 0 Å². The Morgan fingerprint density at radius 1 is 1.42 bits per heavy atom. The zero-order chi connectivity index (χ0) is 13.8. The Kier molecular flexibility index (Phi) is 4.39. The van der Waals surface area contributed by atoms with E-state index in [1.165, 1.54) is 18.5 Å². The van der Waals surface area contributed by atoms with E-state index in [4.69, 9.17) is 4.42 Å². The molecule has 0 saturated heterocycles. The number of amides is 1. The molecule has 5 nitrogen and oxygen atoms in total. The summed E-state index contributed by atoms with van der Waals surface area (Å²) in [6, 6.07) is 6.54. The number of phenolic OH excluding ortho intramolecular Hbond substituents is 1. The molecule has 19 heavy (non-hydrogen) atoms. The smallest absolute Gasteiger partial charge is 0.275 e. The molecular formula is C12H8Br2N2O3. The number of phenols is 1. The second-order valence-electron chi connectivity index (χ2n) is 3.50. The van der Waals surface area contributed by atoms with E-state index in [0.717, 1.165) is 0 Å². The number of rotatable bonds is 3. The van der Waals surface area contributed by atoms with E-state index in [9.17, 15) is 9.90 Å². The van der Waals surface area contributed by atoms with Crippen molar-refractivity contribution in [2.24, 2.45) is 5.10 Å². The first kappa shape index (κ1) is 13.8. The highest BCUT2D eigenvalue weighted by Crippen LogP contribution is 2.31. The maximum absolute atomic E-state index is 11.8. The largest absolute Gasteiger partial charge is 0.506 e. The fraction of sp³-hybridized carbons (Fsp3) is 0. The summed E-state index contributed by atoms with van der Waals surface area (Å²) < 4.78 is 6.10. The van der Waals surface area contributed by atoms with E-state index in [-0.39, 0.29) is 11.3 Å². The molecule has 0 atom stereocenters. The fourth-order valence-electron chi connectivity index (χ4n) is 1.32. The van der Waals surface area contributed by atoms with Gasteiger partial charge in [0.05, 0.1) is 22.5 Å². The van der Waals surface area contributed by atoms with E-state index < -0.39 is 5.91 Å². The highest BCUT2D eigenvalue weighted by atomic mass is 79.9. The zero-order valence-corrected chi connectivity index (χ0v) is 12.6.